The van der Waals surface area contributed by atoms with Gasteiger partial charge in [-0.2, -0.15) is 10.2 Å². The first-order valence-electron chi connectivity index (χ1n) is 15.9. The average molecular weight is 684 g/mol. The van der Waals surface area contributed by atoms with Gasteiger partial charge < -0.3 is 26.0 Å². The minimum atomic E-state index is -1.05. The predicted octanol–water partition coefficient (Wildman–Crippen LogP) is 6.58. The average Bonchev–Trinajstić information content (AvgIpc) is 3.12. The fourth-order valence-electron chi connectivity index (χ4n) is 4.79. The van der Waals surface area contributed by atoms with E-state index in [9.17, 15) is 23.2 Å². The molecule has 4 N–H and O–H groups in total. The summed E-state index contributed by atoms with van der Waals surface area (Å²) in [4.78, 5) is 44.4. The van der Waals surface area contributed by atoms with Crippen LogP contribution in [0.1, 0.15) is 45.5 Å². The van der Waals surface area contributed by atoms with Crippen LogP contribution in [0.2, 0.25) is 0 Å². The van der Waals surface area contributed by atoms with Crippen molar-refractivity contribution in [2.45, 2.75) is 31.8 Å². The summed E-state index contributed by atoms with van der Waals surface area (Å²) in [5.41, 5.74) is 9.04. The van der Waals surface area contributed by atoms with Gasteiger partial charge in [0.2, 0.25) is 0 Å². The molecule has 4 aromatic rings. The van der Waals surface area contributed by atoms with Crippen molar-refractivity contribution in [2.75, 3.05) is 32.1 Å². The lowest BCUT2D eigenvalue weighted by Gasteiger charge is -2.18. The van der Waals surface area contributed by atoms with E-state index in [0.717, 1.165) is 17.8 Å². The molecule has 0 fully saturated rings. The number of benzene rings is 4. The zero-order chi connectivity index (χ0) is 36.0. The first kappa shape index (κ1) is 37.0. The van der Waals surface area contributed by atoms with Gasteiger partial charge in [-0.25, -0.2) is 8.78 Å². The molecular formula is C37H39F2N7O4. The van der Waals surface area contributed by atoms with E-state index in [1.54, 1.807) is 42.5 Å². The van der Waals surface area contributed by atoms with Gasteiger partial charge in [-0.1, -0.05) is 6.07 Å². The van der Waals surface area contributed by atoms with E-state index < -0.39 is 47.6 Å². The standard InChI is InChI=1S/C37H39F2N7O4/c1-41-29-8-6-7-26(21-29)37(49)43-33(9-4-5-18-40)34(47)23-50-35-31(38)19-24(20-32(35)39)22-42-36(48)25-10-12-27(13-11-25)44-45-28-14-16-30(17-15-28)46(2)3/h6-8,10-17,19-21,33H,1,4-5,9,18,22-23,40H2,2-3H3,(H,42,48)(H,43,49)/t33-/m0/s1. The van der Waals surface area contributed by atoms with Crippen LogP contribution in [0.15, 0.2) is 100 Å². The largest absolute Gasteiger partial charge is 0.480 e. The van der Waals surface area contributed by atoms with Crippen LogP contribution in [0.5, 0.6) is 5.75 Å². The van der Waals surface area contributed by atoms with Crippen molar-refractivity contribution < 1.29 is 27.9 Å². The number of azo groups is 1. The van der Waals surface area contributed by atoms with Crippen molar-refractivity contribution in [3.8, 4) is 5.75 Å². The first-order chi connectivity index (χ1) is 24.1. The maximum atomic E-state index is 14.9. The van der Waals surface area contributed by atoms with Crippen molar-refractivity contribution >= 4 is 47.1 Å². The molecule has 0 aliphatic rings. The Balaban J connectivity index is 1.32. The number of carbonyl (C=O) groups excluding carboxylic acids is 3. The maximum Gasteiger partial charge on any atom is 0.251 e. The van der Waals surface area contributed by atoms with Crippen LogP contribution < -0.4 is 26.0 Å². The van der Waals surface area contributed by atoms with Gasteiger partial charge in [-0.15, -0.1) is 0 Å². The van der Waals surface area contributed by atoms with Crippen LogP contribution in [0.4, 0.5) is 31.5 Å². The molecule has 4 rings (SSSR count). The smallest absolute Gasteiger partial charge is 0.251 e. The summed E-state index contributed by atoms with van der Waals surface area (Å²) >= 11 is 0. The van der Waals surface area contributed by atoms with Gasteiger partial charge in [0.05, 0.1) is 23.1 Å². The monoisotopic (exact) mass is 683 g/mol. The molecular weight excluding hydrogens is 644 g/mol. The second-order valence-electron chi connectivity index (χ2n) is 11.5. The molecule has 50 heavy (non-hydrogen) atoms. The topological polar surface area (TPSA) is 151 Å². The normalized spacial score (nSPS) is 11.5. The van der Waals surface area contributed by atoms with Gasteiger partial charge >= 0.3 is 0 Å². The van der Waals surface area contributed by atoms with E-state index in [2.05, 4.69) is 32.6 Å². The summed E-state index contributed by atoms with van der Waals surface area (Å²) in [7, 11) is 3.89. The number of ether oxygens (including phenoxy) is 1. The third-order valence-electron chi connectivity index (χ3n) is 7.58. The van der Waals surface area contributed by atoms with E-state index >= 15 is 0 Å². The number of nitrogens with two attached hydrogens (primary N) is 1. The number of halogens is 2. The van der Waals surface area contributed by atoms with Crippen molar-refractivity contribution in [3.63, 3.8) is 0 Å². The Bertz CT molecular complexity index is 1810. The SMILES string of the molecule is C=Nc1cccc(C(=O)N[C@@H](CCCCN)C(=O)COc2c(F)cc(CNC(=O)c3ccc(N=Nc4ccc(N(C)C)cc4)cc3)cc2F)c1. The van der Waals surface area contributed by atoms with E-state index in [1.165, 1.54) is 6.07 Å². The predicted molar refractivity (Wildman–Crippen MR) is 189 cm³/mol. The highest BCUT2D eigenvalue weighted by atomic mass is 19.1. The summed E-state index contributed by atoms with van der Waals surface area (Å²) in [5, 5.41) is 13.7. The molecule has 0 spiro atoms. The van der Waals surface area contributed by atoms with Crippen molar-refractivity contribution in [3.05, 3.63) is 113 Å². The number of aliphatic imine (C=N–C) groups is 1. The van der Waals surface area contributed by atoms with Crippen molar-refractivity contribution in [2.24, 2.45) is 21.0 Å². The van der Waals surface area contributed by atoms with E-state index in [-0.39, 0.29) is 24.1 Å². The molecule has 0 saturated carbocycles. The lowest BCUT2D eigenvalue weighted by Crippen LogP contribution is -2.43. The second kappa shape index (κ2) is 18.1. The molecule has 0 aromatic heterocycles. The second-order valence-corrected chi connectivity index (χ2v) is 11.5. The van der Waals surface area contributed by atoms with E-state index in [1.807, 2.05) is 43.3 Å². The van der Waals surface area contributed by atoms with Gasteiger partial charge in [0.25, 0.3) is 11.8 Å². The van der Waals surface area contributed by atoms with Gasteiger partial charge in [0.15, 0.2) is 23.2 Å². The molecule has 0 saturated heterocycles. The minimum absolute atomic E-state index is 0.140. The molecule has 0 radical (unpaired) electrons. The highest BCUT2D eigenvalue weighted by molar-refractivity contribution is 5.98. The van der Waals surface area contributed by atoms with Gasteiger partial charge in [-0.05, 0) is 117 Å². The summed E-state index contributed by atoms with van der Waals surface area (Å²) in [6.45, 7) is 2.98. The molecule has 0 unspecified atom stereocenters. The Morgan fingerprint density at radius 2 is 1.48 bits per heavy atom. The molecule has 260 valence electrons. The molecule has 11 nitrogen and oxygen atoms in total. The van der Waals surface area contributed by atoms with E-state index in [4.69, 9.17) is 10.5 Å². The molecule has 0 aliphatic carbocycles. The third kappa shape index (κ3) is 10.6. The number of anilines is 1. The molecule has 4 aromatic carbocycles. The number of unbranched alkanes of at least 4 members (excludes halogenated alkanes) is 1. The zero-order valence-corrected chi connectivity index (χ0v) is 27.9. The Morgan fingerprint density at radius 1 is 0.840 bits per heavy atom. The highest BCUT2D eigenvalue weighted by Gasteiger charge is 2.23. The number of Topliss-reactive ketones (excluding diaryl/α,β-unsaturated/α-hetero) is 1. The number of nitrogens with one attached hydrogen (secondary N) is 2. The van der Waals surface area contributed by atoms with Gasteiger partial charge in [0, 0.05) is 37.5 Å². The number of carbonyl (C=O) groups is 3. The highest BCUT2D eigenvalue weighted by Crippen LogP contribution is 2.25. The molecule has 1 atom stereocenters. The van der Waals surface area contributed by atoms with Crippen LogP contribution in [0.3, 0.4) is 0 Å². The number of nitrogens with zero attached hydrogens (tertiary/aromatic N) is 4. The molecule has 13 heteroatoms. The Kier molecular flexibility index (Phi) is 13.4. The quantitative estimate of drug-likeness (QED) is 0.0650. The van der Waals surface area contributed by atoms with Gasteiger partial charge in [-0.3, -0.25) is 19.4 Å². The number of rotatable bonds is 17. The number of hydrogen-bond acceptors (Lipinski definition) is 9. The Hall–Kier alpha value is -5.82. The van der Waals surface area contributed by atoms with Crippen LogP contribution in [-0.2, 0) is 11.3 Å². The zero-order valence-electron chi connectivity index (χ0n) is 27.9. The Morgan fingerprint density at radius 3 is 2.08 bits per heavy atom. The molecule has 0 bridgehead atoms. The summed E-state index contributed by atoms with van der Waals surface area (Å²) in [5.74, 6) is -4.40. The summed E-state index contributed by atoms with van der Waals surface area (Å²) in [6, 6.07) is 21.4. The number of amides is 2. The lowest BCUT2D eigenvalue weighted by atomic mass is 10.0. The van der Waals surface area contributed by atoms with Crippen molar-refractivity contribution in [1.82, 2.24) is 10.6 Å². The van der Waals surface area contributed by atoms with Crippen LogP contribution in [0, 0.1) is 11.6 Å². The number of ketones is 1. The summed E-state index contributed by atoms with van der Waals surface area (Å²) in [6.07, 6.45) is 1.40. The van der Waals surface area contributed by atoms with Crippen LogP contribution >= 0.6 is 0 Å². The van der Waals surface area contributed by atoms with Crippen molar-refractivity contribution in [1.29, 1.82) is 0 Å². The first-order valence-corrected chi connectivity index (χ1v) is 15.9. The Labute approximate surface area is 289 Å². The van der Waals surface area contributed by atoms with Crippen LogP contribution in [-0.4, -0.2) is 57.6 Å². The third-order valence-corrected chi connectivity index (χ3v) is 7.58. The molecule has 0 aliphatic heterocycles. The molecule has 0 heterocycles. The molecule has 2 amide bonds. The maximum absolute atomic E-state index is 14.9. The fraction of sp³-hybridized carbons (Fsp3) is 0.243. The number of hydrogen-bond donors (Lipinski definition) is 3. The van der Waals surface area contributed by atoms with Gasteiger partial charge in [0.1, 0.15) is 6.61 Å². The minimum Gasteiger partial charge on any atom is -0.480 e. The fourth-order valence-corrected chi connectivity index (χ4v) is 4.79. The van der Waals surface area contributed by atoms with Crippen LogP contribution in [0.25, 0.3) is 0 Å². The van der Waals surface area contributed by atoms with E-state index in [0.29, 0.717) is 42.0 Å². The summed E-state index contributed by atoms with van der Waals surface area (Å²) < 4.78 is 35.2. The lowest BCUT2D eigenvalue weighted by molar-refractivity contribution is -0.123.